The molecule has 7 nitrogen and oxygen atoms in total. The van der Waals surface area contributed by atoms with Gasteiger partial charge in [0.15, 0.2) is 10.9 Å². The Bertz CT molecular complexity index is 1120. The summed E-state index contributed by atoms with van der Waals surface area (Å²) in [5.41, 5.74) is 1.86. The van der Waals surface area contributed by atoms with Crippen molar-refractivity contribution in [3.05, 3.63) is 76.1 Å². The molecule has 1 aliphatic rings. The molecule has 0 fully saturated rings. The molecule has 8 heteroatoms. The summed E-state index contributed by atoms with van der Waals surface area (Å²) in [4.78, 5) is 28.8. The van der Waals surface area contributed by atoms with Gasteiger partial charge in [-0.2, -0.15) is 0 Å². The first kappa shape index (κ1) is 18.9. The third-order valence-electron chi connectivity index (χ3n) is 4.26. The minimum Gasteiger partial charge on any atom is -0.452 e. The van der Waals surface area contributed by atoms with Gasteiger partial charge in [-0.1, -0.05) is 22.8 Å². The highest BCUT2D eigenvalue weighted by Gasteiger charge is 2.30. The number of benzene rings is 1. The zero-order valence-electron chi connectivity index (χ0n) is 15.3. The molecule has 146 valence electrons. The van der Waals surface area contributed by atoms with Crippen LogP contribution >= 0.6 is 11.6 Å². The van der Waals surface area contributed by atoms with Gasteiger partial charge in [-0.05, 0) is 36.3 Å². The number of Topliss-reactive ketones (excluding diaryl/α,β-unsaturated/α-hetero) is 1. The summed E-state index contributed by atoms with van der Waals surface area (Å²) < 4.78 is 16.1. The number of hydrogen-bond donors (Lipinski definition) is 0. The molecule has 0 spiro atoms. The number of ether oxygens (including phenoxy) is 2. The minimum atomic E-state index is -0.452. The number of rotatable bonds is 5. The summed E-state index contributed by atoms with van der Waals surface area (Å²) in [6, 6.07) is 8.31. The third kappa shape index (κ3) is 4.20. The van der Waals surface area contributed by atoms with Crippen LogP contribution in [0.25, 0.3) is 6.08 Å². The summed E-state index contributed by atoms with van der Waals surface area (Å²) in [5.74, 6) is 0.680. The van der Waals surface area contributed by atoms with Crippen molar-refractivity contribution in [2.24, 2.45) is 0 Å². The maximum absolute atomic E-state index is 12.7. The van der Waals surface area contributed by atoms with Crippen LogP contribution in [0.1, 0.15) is 33.7 Å². The Morgan fingerprint density at radius 1 is 1.31 bits per heavy atom. The fourth-order valence-corrected chi connectivity index (χ4v) is 3.12. The molecule has 0 aliphatic carbocycles. The van der Waals surface area contributed by atoms with Crippen molar-refractivity contribution in [1.82, 2.24) is 10.1 Å². The van der Waals surface area contributed by atoms with Gasteiger partial charge in [0, 0.05) is 30.9 Å². The normalized spacial score (nSPS) is 14.0. The Morgan fingerprint density at radius 2 is 2.17 bits per heavy atom. The third-order valence-corrected chi connectivity index (χ3v) is 4.44. The lowest BCUT2D eigenvalue weighted by atomic mass is 10.0. The van der Waals surface area contributed by atoms with E-state index in [9.17, 15) is 9.59 Å². The molecule has 0 bridgehead atoms. The smallest absolute Gasteiger partial charge is 0.311 e. The zero-order valence-corrected chi connectivity index (χ0v) is 16.1. The van der Waals surface area contributed by atoms with Crippen molar-refractivity contribution in [1.29, 1.82) is 0 Å². The van der Waals surface area contributed by atoms with E-state index in [2.05, 4.69) is 10.1 Å². The molecular formula is C21H15ClN2O5. The van der Waals surface area contributed by atoms with Gasteiger partial charge in [-0.3, -0.25) is 14.6 Å². The lowest BCUT2D eigenvalue weighted by molar-refractivity contribution is -0.134. The molecule has 0 saturated heterocycles. The van der Waals surface area contributed by atoms with E-state index < -0.39 is 5.97 Å². The van der Waals surface area contributed by atoms with Crippen LogP contribution in [0.2, 0.25) is 5.15 Å². The average Bonchev–Trinajstić information content (AvgIpc) is 3.24. The maximum Gasteiger partial charge on any atom is 0.311 e. The van der Waals surface area contributed by atoms with Crippen molar-refractivity contribution in [2.45, 2.75) is 19.8 Å². The molecule has 1 aromatic carbocycles. The van der Waals surface area contributed by atoms with Crippen LogP contribution in [-0.2, 0) is 11.2 Å². The highest BCUT2D eigenvalue weighted by atomic mass is 35.5. The van der Waals surface area contributed by atoms with Gasteiger partial charge in [0.05, 0.1) is 12.0 Å². The van der Waals surface area contributed by atoms with E-state index in [4.69, 9.17) is 25.6 Å². The first-order chi connectivity index (χ1) is 14.0. The molecule has 2 aromatic heterocycles. The number of fused-ring (bicyclic) bond motifs is 1. The van der Waals surface area contributed by atoms with E-state index in [1.807, 2.05) is 6.07 Å². The summed E-state index contributed by atoms with van der Waals surface area (Å²) >= 11 is 5.68. The number of esters is 1. The van der Waals surface area contributed by atoms with Gasteiger partial charge in [0.25, 0.3) is 0 Å². The molecule has 0 radical (unpaired) electrons. The molecule has 3 heterocycles. The van der Waals surface area contributed by atoms with Gasteiger partial charge in [-0.25, -0.2) is 0 Å². The van der Waals surface area contributed by atoms with Crippen LogP contribution in [0.4, 0.5) is 0 Å². The lowest BCUT2D eigenvalue weighted by Crippen LogP contribution is -2.09. The Labute approximate surface area is 170 Å². The van der Waals surface area contributed by atoms with Gasteiger partial charge in [-0.15, -0.1) is 0 Å². The topological polar surface area (TPSA) is 91.5 Å². The van der Waals surface area contributed by atoms with E-state index in [0.29, 0.717) is 34.8 Å². The number of ketones is 1. The second-order valence-corrected chi connectivity index (χ2v) is 6.82. The number of carbonyl (C=O) groups excluding carboxylic acids is 2. The molecule has 0 amide bonds. The Hall–Kier alpha value is -3.45. The number of halogens is 1. The van der Waals surface area contributed by atoms with Crippen LogP contribution < -0.4 is 9.47 Å². The molecule has 0 atom stereocenters. The van der Waals surface area contributed by atoms with Crippen molar-refractivity contribution in [2.75, 3.05) is 0 Å². The second kappa shape index (κ2) is 7.89. The van der Waals surface area contributed by atoms with Crippen molar-refractivity contribution >= 4 is 29.4 Å². The van der Waals surface area contributed by atoms with Gasteiger partial charge >= 0.3 is 5.97 Å². The van der Waals surface area contributed by atoms with Gasteiger partial charge in [0.1, 0.15) is 17.3 Å². The van der Waals surface area contributed by atoms with Crippen molar-refractivity contribution in [3.8, 4) is 11.5 Å². The van der Waals surface area contributed by atoms with Gasteiger partial charge in [0.2, 0.25) is 5.78 Å². The molecule has 29 heavy (non-hydrogen) atoms. The van der Waals surface area contributed by atoms with E-state index in [1.54, 1.807) is 43.6 Å². The first-order valence-corrected chi connectivity index (χ1v) is 9.18. The number of hydrogen-bond acceptors (Lipinski definition) is 7. The predicted octanol–water partition coefficient (Wildman–Crippen LogP) is 4.19. The number of aromatic nitrogens is 2. The first-order valence-electron chi connectivity index (χ1n) is 8.80. The fourth-order valence-electron chi connectivity index (χ4n) is 2.96. The Balaban J connectivity index is 1.48. The van der Waals surface area contributed by atoms with E-state index >= 15 is 0 Å². The number of carbonyl (C=O) groups is 2. The molecule has 0 saturated carbocycles. The number of nitrogens with zero attached hydrogens (tertiary/aromatic N) is 2. The van der Waals surface area contributed by atoms with Crippen molar-refractivity contribution < 1.29 is 23.6 Å². The summed E-state index contributed by atoms with van der Waals surface area (Å²) in [6.45, 7) is 1.76. The largest absolute Gasteiger partial charge is 0.452 e. The number of pyridine rings is 1. The second-order valence-electron chi connectivity index (χ2n) is 6.43. The molecule has 4 rings (SSSR count). The van der Waals surface area contributed by atoms with Crippen LogP contribution in [0.15, 0.2) is 53.0 Å². The molecule has 0 unspecified atom stereocenters. The average molecular weight is 411 g/mol. The predicted molar refractivity (Wildman–Crippen MR) is 104 cm³/mol. The quantitative estimate of drug-likeness (QED) is 0.354. The maximum atomic E-state index is 12.7. The van der Waals surface area contributed by atoms with Gasteiger partial charge < -0.3 is 14.0 Å². The Kier molecular flexibility index (Phi) is 5.14. The summed E-state index contributed by atoms with van der Waals surface area (Å²) in [5, 5.41) is 3.79. The van der Waals surface area contributed by atoms with Crippen LogP contribution in [-0.4, -0.2) is 21.9 Å². The summed E-state index contributed by atoms with van der Waals surface area (Å²) in [7, 11) is 0. The van der Waals surface area contributed by atoms with E-state index in [0.717, 1.165) is 5.56 Å². The number of aryl methyl sites for hydroxylation is 2. The summed E-state index contributed by atoms with van der Waals surface area (Å²) in [6.07, 6.45) is 5.32. The zero-order chi connectivity index (χ0) is 20.4. The van der Waals surface area contributed by atoms with Crippen LogP contribution in [0.3, 0.4) is 0 Å². The van der Waals surface area contributed by atoms with E-state index in [-0.39, 0.29) is 23.1 Å². The SMILES string of the molecule is Cc1cc(OC(=O)CCc2cc(Cl)no2)cc2c1C(=O)/C(=C/c1cccnc1)O2. The Morgan fingerprint density at radius 3 is 2.90 bits per heavy atom. The van der Waals surface area contributed by atoms with Crippen LogP contribution in [0, 0.1) is 6.92 Å². The highest BCUT2D eigenvalue weighted by Crippen LogP contribution is 2.37. The van der Waals surface area contributed by atoms with Crippen molar-refractivity contribution in [3.63, 3.8) is 0 Å². The highest BCUT2D eigenvalue weighted by molar-refractivity contribution is 6.29. The van der Waals surface area contributed by atoms with E-state index in [1.165, 1.54) is 6.07 Å². The monoisotopic (exact) mass is 410 g/mol. The molecular weight excluding hydrogens is 396 g/mol. The van der Waals surface area contributed by atoms with Crippen LogP contribution in [0.5, 0.6) is 11.5 Å². The number of allylic oxidation sites excluding steroid dienone is 1. The fraction of sp³-hybridized carbons (Fsp3) is 0.143. The molecule has 3 aromatic rings. The molecule has 1 aliphatic heterocycles. The molecule has 0 N–H and O–H groups in total. The minimum absolute atomic E-state index is 0.0909. The standard InChI is InChI=1S/C21H15ClN2O5/c1-12-7-15(27-19(25)5-4-14-10-18(22)24-29-14)9-16-20(12)21(26)17(28-16)8-13-3-2-6-23-11-13/h2-3,6-11H,4-5H2,1H3/b17-8-. The lowest BCUT2D eigenvalue weighted by Gasteiger charge is -2.07.